The maximum Gasteiger partial charge on any atom is 0.352 e. The minimum absolute atomic E-state index is 0.352. The van der Waals surface area contributed by atoms with Crippen LogP contribution in [0.4, 0.5) is 0 Å². The summed E-state index contributed by atoms with van der Waals surface area (Å²) in [7, 11) is 0. The van der Waals surface area contributed by atoms with E-state index in [1.54, 1.807) is 6.07 Å². The van der Waals surface area contributed by atoms with Gasteiger partial charge >= 0.3 is 5.97 Å². The van der Waals surface area contributed by atoms with E-state index in [4.69, 9.17) is 0 Å². The number of hydrogen-bond donors (Lipinski definition) is 1. The molecule has 3 rings (SSSR count). The van der Waals surface area contributed by atoms with Gasteiger partial charge in [-0.05, 0) is 36.6 Å². The molecular formula is C18H17NO2. The molecule has 0 atom stereocenters. The Kier molecular flexibility index (Phi) is 3.48. The summed E-state index contributed by atoms with van der Waals surface area (Å²) in [6, 6.07) is 17.8. The summed E-state index contributed by atoms with van der Waals surface area (Å²) >= 11 is 0. The number of nitrogens with zero attached hydrogens (tertiary/aromatic N) is 1. The van der Waals surface area contributed by atoms with Crippen molar-refractivity contribution in [3.05, 3.63) is 71.4 Å². The Morgan fingerprint density at radius 3 is 2.57 bits per heavy atom. The highest BCUT2D eigenvalue weighted by Gasteiger charge is 2.14. The van der Waals surface area contributed by atoms with Gasteiger partial charge < -0.3 is 9.67 Å². The first-order valence-electron chi connectivity index (χ1n) is 7.03. The molecule has 0 saturated heterocycles. The Morgan fingerprint density at radius 1 is 1.10 bits per heavy atom. The van der Waals surface area contributed by atoms with Crippen molar-refractivity contribution in [1.82, 2.24) is 4.57 Å². The zero-order valence-electron chi connectivity index (χ0n) is 11.9. The average Bonchev–Trinajstić information content (AvgIpc) is 2.85. The summed E-state index contributed by atoms with van der Waals surface area (Å²) in [6.07, 6.45) is 0.825. The Balaban J connectivity index is 1.98. The molecule has 0 saturated carbocycles. The van der Waals surface area contributed by atoms with E-state index in [1.807, 2.05) is 41.0 Å². The standard InChI is InChI=1S/C18H17NO2/c1-13-6-2-3-7-14(13)10-11-19-16-9-5-4-8-15(16)12-17(19)18(20)21/h2-9,12H,10-11H2,1H3,(H,20,21). The van der Waals surface area contributed by atoms with E-state index in [9.17, 15) is 9.90 Å². The molecule has 0 radical (unpaired) electrons. The Hall–Kier alpha value is -2.55. The minimum atomic E-state index is -0.879. The summed E-state index contributed by atoms with van der Waals surface area (Å²) in [4.78, 5) is 11.4. The molecule has 0 fully saturated rings. The van der Waals surface area contributed by atoms with Gasteiger partial charge in [-0.25, -0.2) is 4.79 Å². The monoisotopic (exact) mass is 279 g/mol. The maximum atomic E-state index is 11.4. The molecule has 1 N–H and O–H groups in total. The second-order valence-corrected chi connectivity index (χ2v) is 5.22. The van der Waals surface area contributed by atoms with Gasteiger partial charge in [-0.15, -0.1) is 0 Å². The second-order valence-electron chi connectivity index (χ2n) is 5.22. The number of aromatic carboxylic acids is 1. The Bertz CT molecular complexity index is 802. The molecule has 0 amide bonds. The van der Waals surface area contributed by atoms with E-state index in [-0.39, 0.29) is 0 Å². The number of benzene rings is 2. The number of rotatable bonds is 4. The molecule has 21 heavy (non-hydrogen) atoms. The third kappa shape index (κ3) is 2.55. The van der Waals surface area contributed by atoms with Crippen molar-refractivity contribution in [1.29, 1.82) is 0 Å². The topological polar surface area (TPSA) is 42.2 Å². The van der Waals surface area contributed by atoms with Crippen LogP contribution in [0, 0.1) is 6.92 Å². The third-order valence-electron chi connectivity index (χ3n) is 3.90. The van der Waals surface area contributed by atoms with Crippen LogP contribution in [0.2, 0.25) is 0 Å². The highest BCUT2D eigenvalue weighted by Crippen LogP contribution is 2.21. The molecule has 3 aromatic rings. The number of hydrogen-bond acceptors (Lipinski definition) is 1. The van der Waals surface area contributed by atoms with Gasteiger partial charge in [0.1, 0.15) is 5.69 Å². The fourth-order valence-electron chi connectivity index (χ4n) is 2.75. The van der Waals surface area contributed by atoms with Crippen LogP contribution in [0.5, 0.6) is 0 Å². The molecule has 3 heteroatoms. The van der Waals surface area contributed by atoms with Crippen LogP contribution in [-0.4, -0.2) is 15.6 Å². The van der Waals surface area contributed by atoms with Crippen molar-refractivity contribution < 1.29 is 9.90 Å². The van der Waals surface area contributed by atoms with Crippen molar-refractivity contribution >= 4 is 16.9 Å². The number of carboxylic acids is 1. The molecule has 106 valence electrons. The van der Waals surface area contributed by atoms with E-state index in [1.165, 1.54) is 11.1 Å². The predicted molar refractivity (Wildman–Crippen MR) is 83.8 cm³/mol. The average molecular weight is 279 g/mol. The van der Waals surface area contributed by atoms with Crippen molar-refractivity contribution in [3.8, 4) is 0 Å². The predicted octanol–water partition coefficient (Wildman–Crippen LogP) is 3.89. The van der Waals surface area contributed by atoms with E-state index in [2.05, 4.69) is 19.1 Å². The quantitative estimate of drug-likeness (QED) is 0.787. The lowest BCUT2D eigenvalue weighted by atomic mass is 10.1. The fourth-order valence-corrected chi connectivity index (χ4v) is 2.75. The number of carboxylic acid groups (broad SMARTS) is 1. The first-order valence-corrected chi connectivity index (χ1v) is 7.03. The van der Waals surface area contributed by atoms with Gasteiger partial charge in [-0.2, -0.15) is 0 Å². The molecule has 2 aromatic carbocycles. The van der Waals surface area contributed by atoms with E-state index < -0.39 is 5.97 Å². The van der Waals surface area contributed by atoms with Crippen LogP contribution in [0.3, 0.4) is 0 Å². The molecule has 0 unspecified atom stereocenters. The fraction of sp³-hybridized carbons (Fsp3) is 0.167. The molecule has 0 spiro atoms. The van der Waals surface area contributed by atoms with E-state index in [0.717, 1.165) is 17.3 Å². The Morgan fingerprint density at radius 2 is 1.81 bits per heavy atom. The van der Waals surface area contributed by atoms with Gasteiger partial charge in [-0.1, -0.05) is 42.5 Å². The molecule has 0 aliphatic carbocycles. The largest absolute Gasteiger partial charge is 0.477 e. The Labute approximate surface area is 123 Å². The lowest BCUT2D eigenvalue weighted by Gasteiger charge is -2.10. The van der Waals surface area contributed by atoms with Gasteiger partial charge in [-0.3, -0.25) is 0 Å². The summed E-state index contributed by atoms with van der Waals surface area (Å²) in [5, 5.41) is 10.4. The summed E-state index contributed by atoms with van der Waals surface area (Å²) in [5.41, 5.74) is 3.82. The summed E-state index contributed by atoms with van der Waals surface area (Å²) < 4.78 is 1.89. The van der Waals surface area contributed by atoms with Crippen molar-refractivity contribution in [3.63, 3.8) is 0 Å². The molecule has 0 aliphatic heterocycles. The SMILES string of the molecule is Cc1ccccc1CCn1c(C(=O)O)cc2ccccc21. The number of fused-ring (bicyclic) bond motifs is 1. The number of para-hydroxylation sites is 1. The second kappa shape index (κ2) is 5.44. The zero-order valence-corrected chi connectivity index (χ0v) is 11.9. The third-order valence-corrected chi connectivity index (χ3v) is 3.90. The number of carbonyl (C=O) groups is 1. The van der Waals surface area contributed by atoms with Crippen LogP contribution in [0.15, 0.2) is 54.6 Å². The lowest BCUT2D eigenvalue weighted by Crippen LogP contribution is -2.10. The number of aryl methyl sites for hydroxylation is 3. The van der Waals surface area contributed by atoms with Crippen LogP contribution < -0.4 is 0 Å². The first-order chi connectivity index (χ1) is 10.2. The van der Waals surface area contributed by atoms with Crippen molar-refractivity contribution in [2.24, 2.45) is 0 Å². The molecular weight excluding hydrogens is 262 g/mol. The van der Waals surface area contributed by atoms with Crippen LogP contribution in [-0.2, 0) is 13.0 Å². The molecule has 0 bridgehead atoms. The maximum absolute atomic E-state index is 11.4. The van der Waals surface area contributed by atoms with Gasteiger partial charge in [0, 0.05) is 17.4 Å². The molecule has 0 aliphatic rings. The normalized spacial score (nSPS) is 10.9. The van der Waals surface area contributed by atoms with Crippen LogP contribution in [0.25, 0.3) is 10.9 Å². The van der Waals surface area contributed by atoms with Crippen LogP contribution in [0.1, 0.15) is 21.6 Å². The minimum Gasteiger partial charge on any atom is -0.477 e. The number of aromatic nitrogens is 1. The summed E-state index contributed by atoms with van der Waals surface area (Å²) in [5.74, 6) is -0.879. The highest BCUT2D eigenvalue weighted by molar-refractivity contribution is 5.94. The molecule has 1 aromatic heterocycles. The van der Waals surface area contributed by atoms with Gasteiger partial charge in [0.25, 0.3) is 0 Å². The smallest absolute Gasteiger partial charge is 0.352 e. The summed E-state index contributed by atoms with van der Waals surface area (Å²) in [6.45, 7) is 2.75. The van der Waals surface area contributed by atoms with Crippen molar-refractivity contribution in [2.45, 2.75) is 19.9 Å². The van der Waals surface area contributed by atoms with E-state index >= 15 is 0 Å². The zero-order chi connectivity index (χ0) is 14.8. The molecule has 1 heterocycles. The lowest BCUT2D eigenvalue weighted by molar-refractivity contribution is 0.0685. The molecule has 3 nitrogen and oxygen atoms in total. The first kappa shape index (κ1) is 13.4. The van der Waals surface area contributed by atoms with Gasteiger partial charge in [0.2, 0.25) is 0 Å². The van der Waals surface area contributed by atoms with Crippen molar-refractivity contribution in [2.75, 3.05) is 0 Å². The van der Waals surface area contributed by atoms with E-state index in [0.29, 0.717) is 12.2 Å². The van der Waals surface area contributed by atoms with Crippen LogP contribution >= 0.6 is 0 Å². The highest BCUT2D eigenvalue weighted by atomic mass is 16.4. The van der Waals surface area contributed by atoms with Gasteiger partial charge in [0.05, 0.1) is 0 Å². The van der Waals surface area contributed by atoms with Gasteiger partial charge in [0.15, 0.2) is 0 Å².